The number of aliphatic hydroxyl groups is 1. The van der Waals surface area contributed by atoms with E-state index in [9.17, 15) is 9.18 Å². The molecule has 22 heavy (non-hydrogen) atoms. The van der Waals surface area contributed by atoms with Crippen LogP contribution in [-0.2, 0) is 0 Å². The number of hydrogen-bond donors (Lipinski definition) is 2. The van der Waals surface area contributed by atoms with Gasteiger partial charge in [0.2, 0.25) is 0 Å². The van der Waals surface area contributed by atoms with E-state index in [1.807, 2.05) is 4.90 Å². The fourth-order valence-corrected chi connectivity index (χ4v) is 2.50. The second-order valence-corrected chi connectivity index (χ2v) is 5.15. The zero-order valence-corrected chi connectivity index (χ0v) is 12.4. The first-order valence-corrected chi connectivity index (χ1v) is 7.28. The van der Waals surface area contributed by atoms with E-state index in [0.29, 0.717) is 25.5 Å². The van der Waals surface area contributed by atoms with Crippen LogP contribution in [-0.4, -0.2) is 59.8 Å². The Balaban J connectivity index is 1.92. The minimum atomic E-state index is -0.358. The third-order valence-corrected chi connectivity index (χ3v) is 3.56. The summed E-state index contributed by atoms with van der Waals surface area (Å²) in [6.45, 7) is 5.28. The largest absolute Gasteiger partial charge is 0.395 e. The molecule has 1 aromatic heterocycles. The molecule has 1 aliphatic heterocycles. The highest BCUT2D eigenvalue weighted by molar-refractivity contribution is 5.75. The summed E-state index contributed by atoms with van der Waals surface area (Å²) in [6.07, 6.45) is 3.89. The number of rotatable bonds is 6. The van der Waals surface area contributed by atoms with Crippen molar-refractivity contribution in [2.75, 3.05) is 37.7 Å². The summed E-state index contributed by atoms with van der Waals surface area (Å²) in [6, 6.07) is 2.61. The number of hydrogen-bond acceptors (Lipinski definition) is 4. The van der Waals surface area contributed by atoms with Gasteiger partial charge in [0.05, 0.1) is 6.61 Å². The quantitative estimate of drug-likeness (QED) is 0.769. The first kappa shape index (κ1) is 16.2. The number of carbonyl (C=O) groups excluding carboxylic acids is 1. The molecular formula is C15H21FN4O2. The Morgan fingerprint density at radius 3 is 3.18 bits per heavy atom. The van der Waals surface area contributed by atoms with Gasteiger partial charge in [-0.25, -0.2) is 14.2 Å². The highest BCUT2D eigenvalue weighted by atomic mass is 19.1. The number of pyridine rings is 1. The molecule has 2 amide bonds. The number of anilines is 1. The molecule has 0 spiro atoms. The number of aromatic nitrogens is 1. The molecule has 120 valence electrons. The molecule has 0 radical (unpaired) electrons. The van der Waals surface area contributed by atoms with E-state index >= 15 is 0 Å². The Kier molecular flexibility index (Phi) is 5.71. The normalized spacial score (nSPS) is 17.4. The lowest BCUT2D eigenvalue weighted by Crippen LogP contribution is -2.46. The number of nitrogens with one attached hydrogen (secondary N) is 1. The van der Waals surface area contributed by atoms with Crippen molar-refractivity contribution in [3.05, 3.63) is 36.8 Å². The van der Waals surface area contributed by atoms with Crippen molar-refractivity contribution < 1.29 is 14.3 Å². The summed E-state index contributed by atoms with van der Waals surface area (Å²) in [7, 11) is 0. The summed E-state index contributed by atoms with van der Waals surface area (Å²) in [5.41, 5.74) is 0. The van der Waals surface area contributed by atoms with Crippen molar-refractivity contribution >= 4 is 11.8 Å². The van der Waals surface area contributed by atoms with Crippen molar-refractivity contribution in [2.24, 2.45) is 0 Å². The van der Waals surface area contributed by atoms with Crippen molar-refractivity contribution in [1.82, 2.24) is 15.2 Å². The van der Waals surface area contributed by atoms with Gasteiger partial charge in [-0.2, -0.15) is 0 Å². The average Bonchev–Trinajstić information content (AvgIpc) is 2.95. The second-order valence-electron chi connectivity index (χ2n) is 5.15. The van der Waals surface area contributed by atoms with E-state index < -0.39 is 0 Å². The van der Waals surface area contributed by atoms with Crippen LogP contribution in [0.1, 0.15) is 6.42 Å². The molecule has 0 bridgehead atoms. The molecule has 1 aromatic rings. The van der Waals surface area contributed by atoms with Crippen LogP contribution in [0, 0.1) is 5.82 Å². The molecule has 1 saturated heterocycles. The lowest BCUT2D eigenvalue weighted by molar-refractivity contribution is 0.181. The van der Waals surface area contributed by atoms with E-state index in [1.54, 1.807) is 18.3 Å². The summed E-state index contributed by atoms with van der Waals surface area (Å²) < 4.78 is 13.7. The fourth-order valence-electron chi connectivity index (χ4n) is 2.50. The van der Waals surface area contributed by atoms with Crippen LogP contribution in [0.3, 0.4) is 0 Å². The average molecular weight is 308 g/mol. The third kappa shape index (κ3) is 3.94. The van der Waals surface area contributed by atoms with Gasteiger partial charge < -0.3 is 20.2 Å². The number of halogens is 1. The second kappa shape index (κ2) is 7.74. The Morgan fingerprint density at radius 2 is 2.50 bits per heavy atom. The molecular weight excluding hydrogens is 287 g/mol. The van der Waals surface area contributed by atoms with E-state index in [-0.39, 0.29) is 31.0 Å². The van der Waals surface area contributed by atoms with Gasteiger partial charge in [0.15, 0.2) is 11.6 Å². The molecule has 2 rings (SSSR count). The number of aliphatic hydroxyl groups excluding tert-OH is 1. The summed E-state index contributed by atoms with van der Waals surface area (Å²) in [5.74, 6) is -0.0411. The van der Waals surface area contributed by atoms with Gasteiger partial charge in [-0.1, -0.05) is 6.08 Å². The summed E-state index contributed by atoms with van der Waals surface area (Å²) >= 11 is 0. The van der Waals surface area contributed by atoms with Crippen LogP contribution in [0.2, 0.25) is 0 Å². The van der Waals surface area contributed by atoms with Gasteiger partial charge in [0.25, 0.3) is 0 Å². The molecule has 0 aromatic carbocycles. The van der Waals surface area contributed by atoms with Gasteiger partial charge in [-0.05, 0) is 18.6 Å². The monoisotopic (exact) mass is 308 g/mol. The van der Waals surface area contributed by atoms with Crippen LogP contribution in [0.5, 0.6) is 0 Å². The van der Waals surface area contributed by atoms with Crippen LogP contribution in [0.15, 0.2) is 31.0 Å². The fraction of sp³-hybridized carbons (Fsp3) is 0.467. The van der Waals surface area contributed by atoms with Crippen LogP contribution < -0.4 is 10.2 Å². The summed E-state index contributed by atoms with van der Waals surface area (Å²) in [4.78, 5) is 19.5. The van der Waals surface area contributed by atoms with Gasteiger partial charge in [0, 0.05) is 38.4 Å². The lowest BCUT2D eigenvalue weighted by atomic mass is 10.3. The molecule has 1 fully saturated rings. The van der Waals surface area contributed by atoms with Crippen molar-refractivity contribution in [3.63, 3.8) is 0 Å². The van der Waals surface area contributed by atoms with Crippen LogP contribution >= 0.6 is 0 Å². The molecule has 1 atom stereocenters. The van der Waals surface area contributed by atoms with E-state index in [4.69, 9.17) is 5.11 Å². The number of amides is 2. The molecule has 1 aliphatic rings. The van der Waals surface area contributed by atoms with Crippen molar-refractivity contribution in [3.8, 4) is 0 Å². The summed E-state index contributed by atoms with van der Waals surface area (Å²) in [5, 5.41) is 11.9. The maximum absolute atomic E-state index is 13.7. The first-order chi connectivity index (χ1) is 10.7. The van der Waals surface area contributed by atoms with E-state index in [2.05, 4.69) is 16.9 Å². The smallest absolute Gasteiger partial charge is 0.318 e. The Bertz CT molecular complexity index is 526. The molecule has 2 heterocycles. The minimum absolute atomic E-state index is 0.0695. The Labute approximate surface area is 129 Å². The highest BCUT2D eigenvalue weighted by Gasteiger charge is 2.27. The molecule has 1 unspecified atom stereocenters. The molecule has 7 heteroatoms. The molecule has 6 nitrogen and oxygen atoms in total. The standard InChI is InChI=1S/C15H21FN4O2/c1-2-7-19(9-10-21)15(22)18-12-5-8-20(11-12)14-13(16)4-3-6-17-14/h2-4,6,12,21H,1,5,7-11H2,(H,18,22). The molecule has 0 aliphatic carbocycles. The maximum atomic E-state index is 13.7. The minimum Gasteiger partial charge on any atom is -0.395 e. The SMILES string of the molecule is C=CCN(CCO)C(=O)NC1CCN(c2ncccc2F)C1. The van der Waals surface area contributed by atoms with E-state index in [1.165, 1.54) is 11.0 Å². The Hall–Kier alpha value is -2.15. The van der Waals surface area contributed by atoms with Gasteiger partial charge in [-0.3, -0.25) is 0 Å². The van der Waals surface area contributed by atoms with Crippen LogP contribution in [0.25, 0.3) is 0 Å². The Morgan fingerprint density at radius 1 is 1.68 bits per heavy atom. The zero-order chi connectivity index (χ0) is 15.9. The topological polar surface area (TPSA) is 68.7 Å². The predicted octanol–water partition coefficient (Wildman–Crippen LogP) is 0.989. The van der Waals surface area contributed by atoms with Crippen molar-refractivity contribution in [1.29, 1.82) is 0 Å². The predicted molar refractivity (Wildman–Crippen MR) is 82.2 cm³/mol. The van der Waals surface area contributed by atoms with Gasteiger partial charge in [0.1, 0.15) is 0 Å². The van der Waals surface area contributed by atoms with Crippen molar-refractivity contribution in [2.45, 2.75) is 12.5 Å². The molecule has 0 saturated carbocycles. The first-order valence-electron chi connectivity index (χ1n) is 7.28. The van der Waals surface area contributed by atoms with Gasteiger partial charge in [-0.15, -0.1) is 6.58 Å². The number of carbonyl (C=O) groups is 1. The third-order valence-electron chi connectivity index (χ3n) is 3.56. The maximum Gasteiger partial charge on any atom is 0.318 e. The molecule has 2 N–H and O–H groups in total. The van der Waals surface area contributed by atoms with Gasteiger partial charge >= 0.3 is 6.03 Å². The van der Waals surface area contributed by atoms with Crippen LogP contribution in [0.4, 0.5) is 15.0 Å². The number of nitrogens with zero attached hydrogens (tertiary/aromatic N) is 3. The zero-order valence-electron chi connectivity index (χ0n) is 12.4. The number of urea groups is 1. The van der Waals surface area contributed by atoms with E-state index in [0.717, 1.165) is 6.42 Å². The lowest BCUT2D eigenvalue weighted by Gasteiger charge is -2.23. The highest BCUT2D eigenvalue weighted by Crippen LogP contribution is 2.20.